The smallest absolute Gasteiger partial charge is 0.192 e. The highest BCUT2D eigenvalue weighted by Gasteiger charge is 2.46. The van der Waals surface area contributed by atoms with Crippen LogP contribution in [0.15, 0.2) is 36.9 Å². The van der Waals surface area contributed by atoms with Crippen LogP contribution in [0.4, 0.5) is 0 Å². The van der Waals surface area contributed by atoms with Crippen LogP contribution in [0.5, 0.6) is 5.75 Å². The monoisotopic (exact) mass is 492 g/mol. The number of carbonyl (C=O) groups excluding carboxylic acids is 1. The normalized spacial score (nSPS) is 16.4. The molecule has 34 heavy (non-hydrogen) atoms. The van der Waals surface area contributed by atoms with Crippen LogP contribution in [-0.2, 0) is 20.6 Å². The first-order valence-corrected chi connectivity index (χ1v) is 15.2. The van der Waals surface area contributed by atoms with Gasteiger partial charge in [-0.3, -0.25) is 4.79 Å². The first-order valence-electron chi connectivity index (χ1n) is 12.3. The molecule has 0 aliphatic rings. The molecular formula is C28H48O5Si. The molecule has 0 bridgehead atoms. The summed E-state index contributed by atoms with van der Waals surface area (Å²) in [5.41, 5.74) is 0.274. The van der Waals surface area contributed by atoms with Gasteiger partial charge < -0.3 is 19.0 Å². The second kappa shape index (κ2) is 12.5. The molecule has 1 N–H and O–H groups in total. The van der Waals surface area contributed by atoms with Crippen molar-refractivity contribution < 1.29 is 23.8 Å². The van der Waals surface area contributed by atoms with Gasteiger partial charge in [-0.2, -0.15) is 0 Å². The van der Waals surface area contributed by atoms with Gasteiger partial charge in [0.05, 0.1) is 32.5 Å². The lowest BCUT2D eigenvalue weighted by Crippen LogP contribution is -2.52. The van der Waals surface area contributed by atoms with Gasteiger partial charge in [0.1, 0.15) is 11.5 Å². The van der Waals surface area contributed by atoms with Crippen LogP contribution in [0, 0.1) is 17.3 Å². The molecule has 1 rings (SSSR count). The molecule has 6 heteroatoms. The molecule has 0 amide bonds. The van der Waals surface area contributed by atoms with Crippen LogP contribution in [-0.4, -0.2) is 45.1 Å². The molecule has 0 radical (unpaired) electrons. The van der Waals surface area contributed by atoms with Gasteiger partial charge in [-0.05, 0) is 42.2 Å². The summed E-state index contributed by atoms with van der Waals surface area (Å²) in [6.07, 6.45) is 1.33. The number of Topliss-reactive ketones (excluding diaryl/α,β-unsaturated/α-hetero) is 1. The molecule has 4 atom stereocenters. The Morgan fingerprint density at radius 1 is 1.12 bits per heavy atom. The van der Waals surface area contributed by atoms with Crippen LogP contribution in [0.25, 0.3) is 0 Å². The topological polar surface area (TPSA) is 65.0 Å². The molecule has 194 valence electrons. The number of benzene rings is 1. The third kappa shape index (κ3) is 8.04. The lowest BCUT2D eigenvalue weighted by atomic mass is 9.73. The van der Waals surface area contributed by atoms with Crippen LogP contribution < -0.4 is 4.74 Å². The van der Waals surface area contributed by atoms with Gasteiger partial charge in [-0.1, -0.05) is 66.7 Å². The minimum atomic E-state index is -2.09. The van der Waals surface area contributed by atoms with Gasteiger partial charge in [-0.25, -0.2) is 0 Å². The number of hydrogen-bond acceptors (Lipinski definition) is 5. The second-order valence-corrected chi connectivity index (χ2v) is 16.4. The zero-order valence-corrected chi connectivity index (χ0v) is 24.1. The maximum absolute atomic E-state index is 13.6. The number of methoxy groups -OCH3 is 1. The van der Waals surface area contributed by atoms with Crippen molar-refractivity contribution in [2.75, 3.05) is 13.7 Å². The SMILES string of the molecule is C=CC[C@H](O[Si](C)(C)C(C)(C)C)C(C)(C)C(=O)[C@H](C)[C@@H](O)[C@@H](C)COCc1ccc(OC)cc1. The van der Waals surface area contributed by atoms with E-state index in [1.54, 1.807) is 7.11 Å². The maximum Gasteiger partial charge on any atom is 0.192 e. The summed E-state index contributed by atoms with van der Waals surface area (Å²) in [4.78, 5) is 13.6. The molecule has 0 aromatic heterocycles. The fourth-order valence-corrected chi connectivity index (χ4v) is 5.21. The Morgan fingerprint density at radius 2 is 1.68 bits per heavy atom. The minimum Gasteiger partial charge on any atom is -0.497 e. The number of aliphatic hydroxyl groups excluding tert-OH is 1. The zero-order chi connectivity index (χ0) is 26.3. The molecule has 0 unspecified atom stereocenters. The van der Waals surface area contributed by atoms with E-state index in [0.717, 1.165) is 11.3 Å². The number of ether oxygens (including phenoxy) is 2. The largest absolute Gasteiger partial charge is 0.497 e. The average Bonchev–Trinajstić information content (AvgIpc) is 2.76. The van der Waals surface area contributed by atoms with Crippen molar-refractivity contribution in [1.29, 1.82) is 0 Å². The van der Waals surface area contributed by atoms with Gasteiger partial charge >= 0.3 is 0 Å². The van der Waals surface area contributed by atoms with Gasteiger partial charge in [0.2, 0.25) is 0 Å². The third-order valence-electron chi connectivity index (χ3n) is 7.38. The first-order chi connectivity index (χ1) is 15.6. The Hall–Kier alpha value is -1.47. The quantitative estimate of drug-likeness (QED) is 0.240. The molecule has 1 aromatic rings. The summed E-state index contributed by atoms with van der Waals surface area (Å²) < 4.78 is 17.7. The van der Waals surface area contributed by atoms with Crippen molar-refractivity contribution >= 4 is 14.1 Å². The highest BCUT2D eigenvalue weighted by atomic mass is 28.4. The lowest BCUT2D eigenvalue weighted by molar-refractivity contribution is -0.141. The summed E-state index contributed by atoms with van der Waals surface area (Å²) in [5.74, 6) is 0.0828. The van der Waals surface area contributed by atoms with Crippen LogP contribution >= 0.6 is 0 Å². The number of aliphatic hydroxyl groups is 1. The van der Waals surface area contributed by atoms with Crippen LogP contribution in [0.2, 0.25) is 18.1 Å². The summed E-state index contributed by atoms with van der Waals surface area (Å²) in [6.45, 7) is 23.3. The van der Waals surface area contributed by atoms with E-state index in [-0.39, 0.29) is 22.8 Å². The fourth-order valence-electron chi connectivity index (χ4n) is 3.75. The number of carbonyl (C=O) groups is 1. The van der Waals surface area contributed by atoms with Crippen molar-refractivity contribution in [1.82, 2.24) is 0 Å². The van der Waals surface area contributed by atoms with Crippen LogP contribution in [0.1, 0.15) is 60.5 Å². The standard InChI is InChI=1S/C28H48O5Si/c1-12-13-24(33-34(10,11)27(4,5)6)28(7,8)26(30)21(3)25(29)20(2)18-32-19-22-14-16-23(31-9)17-15-22/h12,14-17,20-21,24-25,29H,1,13,18-19H2,2-11H3/t20-,21+,24-,25-/m0/s1. The second-order valence-electron chi connectivity index (χ2n) is 11.6. The Labute approximate surface area is 209 Å². The number of hydrogen-bond donors (Lipinski definition) is 1. The van der Waals surface area contributed by atoms with Crippen LogP contribution in [0.3, 0.4) is 0 Å². The molecule has 0 aliphatic carbocycles. The predicted octanol–water partition coefficient (Wildman–Crippen LogP) is 6.41. The Balaban J connectivity index is 2.82. The van der Waals surface area contributed by atoms with Gasteiger partial charge in [0.15, 0.2) is 8.32 Å². The van der Waals surface area contributed by atoms with E-state index in [2.05, 4.69) is 40.4 Å². The molecule has 0 fully saturated rings. The molecule has 0 saturated carbocycles. The molecule has 0 aliphatic heterocycles. The van der Waals surface area contributed by atoms with E-state index in [0.29, 0.717) is 19.6 Å². The molecule has 1 aromatic carbocycles. The summed E-state index contributed by atoms with van der Waals surface area (Å²) in [7, 11) is -0.455. The molecular weight excluding hydrogens is 444 g/mol. The van der Waals surface area contributed by atoms with E-state index in [9.17, 15) is 9.90 Å². The Kier molecular flexibility index (Phi) is 11.2. The number of ketones is 1. The third-order valence-corrected chi connectivity index (χ3v) is 11.9. The van der Waals surface area contributed by atoms with E-state index in [1.807, 2.05) is 58.0 Å². The fraction of sp³-hybridized carbons (Fsp3) is 0.679. The van der Waals surface area contributed by atoms with E-state index in [4.69, 9.17) is 13.9 Å². The molecule has 0 spiro atoms. The first kappa shape index (κ1) is 30.6. The van der Waals surface area contributed by atoms with Crippen molar-refractivity contribution in [2.45, 2.75) is 91.8 Å². The summed E-state index contributed by atoms with van der Waals surface area (Å²) in [6, 6.07) is 7.70. The zero-order valence-electron chi connectivity index (χ0n) is 23.1. The number of rotatable bonds is 14. The van der Waals surface area contributed by atoms with E-state index >= 15 is 0 Å². The molecule has 0 heterocycles. The van der Waals surface area contributed by atoms with Crippen molar-refractivity contribution in [3.05, 3.63) is 42.5 Å². The van der Waals surface area contributed by atoms with Crippen molar-refractivity contribution in [3.63, 3.8) is 0 Å². The predicted molar refractivity (Wildman–Crippen MR) is 143 cm³/mol. The lowest BCUT2D eigenvalue weighted by Gasteiger charge is -2.44. The Bertz CT molecular complexity index is 779. The summed E-state index contributed by atoms with van der Waals surface area (Å²) in [5, 5.41) is 11.0. The average molecular weight is 493 g/mol. The van der Waals surface area contributed by atoms with Crippen molar-refractivity contribution in [2.24, 2.45) is 17.3 Å². The Morgan fingerprint density at radius 3 is 2.15 bits per heavy atom. The minimum absolute atomic E-state index is 0.00700. The highest BCUT2D eigenvalue weighted by molar-refractivity contribution is 6.74. The van der Waals surface area contributed by atoms with Gasteiger partial charge in [-0.15, -0.1) is 6.58 Å². The molecule has 5 nitrogen and oxygen atoms in total. The highest BCUT2D eigenvalue weighted by Crippen LogP contribution is 2.41. The molecule has 0 saturated heterocycles. The van der Waals surface area contributed by atoms with Crippen molar-refractivity contribution in [3.8, 4) is 5.75 Å². The van der Waals surface area contributed by atoms with Gasteiger partial charge in [0, 0.05) is 17.3 Å². The van der Waals surface area contributed by atoms with E-state index in [1.165, 1.54) is 0 Å². The summed E-state index contributed by atoms with van der Waals surface area (Å²) >= 11 is 0. The van der Waals surface area contributed by atoms with E-state index < -0.39 is 25.8 Å². The maximum atomic E-state index is 13.6. The van der Waals surface area contributed by atoms with Gasteiger partial charge in [0.25, 0.3) is 0 Å².